The number of hydrogen-bond acceptors (Lipinski definition) is 4. The van der Waals surface area contributed by atoms with E-state index >= 15 is 0 Å². The zero-order valence-corrected chi connectivity index (χ0v) is 18.9. The van der Waals surface area contributed by atoms with Crippen molar-refractivity contribution < 1.29 is 18.7 Å². The molecule has 0 bridgehead atoms. The number of imidazole rings is 1. The number of amides is 2. The molecule has 0 unspecified atom stereocenters. The predicted molar refractivity (Wildman–Crippen MR) is 116 cm³/mol. The van der Waals surface area contributed by atoms with Crippen LogP contribution in [0.1, 0.15) is 46.4 Å². The van der Waals surface area contributed by atoms with Crippen molar-refractivity contribution in [2.24, 2.45) is 0 Å². The maximum absolute atomic E-state index is 13.2. The fourth-order valence-corrected chi connectivity index (χ4v) is 3.49. The highest BCUT2D eigenvalue weighted by Gasteiger charge is 2.28. The summed E-state index contributed by atoms with van der Waals surface area (Å²) < 4.78 is 20.5. The van der Waals surface area contributed by atoms with Crippen molar-refractivity contribution >= 4 is 12.0 Å². The Hall–Kier alpha value is -2.90. The standard InChI is InChI=1S/C23H31FN4O3/c1-16(2)21-25-19(17-6-8-18(24)9-7-17)14-28(21)15-20(29)26-10-12-27(13-11-26)22(30)31-23(3,4)5/h6-9,14,16H,10-13,15H2,1-5H3. The van der Waals surface area contributed by atoms with Gasteiger partial charge in [0.25, 0.3) is 0 Å². The van der Waals surface area contributed by atoms with Gasteiger partial charge in [-0.2, -0.15) is 0 Å². The number of carbonyl (C=O) groups excluding carboxylic acids is 2. The summed E-state index contributed by atoms with van der Waals surface area (Å²) in [6.07, 6.45) is 1.50. The third-order valence-corrected chi connectivity index (χ3v) is 5.05. The van der Waals surface area contributed by atoms with Crippen LogP contribution < -0.4 is 0 Å². The molecule has 31 heavy (non-hydrogen) atoms. The van der Waals surface area contributed by atoms with Crippen molar-refractivity contribution in [3.63, 3.8) is 0 Å². The van der Waals surface area contributed by atoms with Gasteiger partial charge >= 0.3 is 6.09 Å². The second-order valence-corrected chi connectivity index (χ2v) is 9.12. The lowest BCUT2D eigenvalue weighted by molar-refractivity contribution is -0.133. The van der Waals surface area contributed by atoms with Gasteiger partial charge in [-0.3, -0.25) is 4.79 Å². The number of ether oxygens (including phenoxy) is 1. The monoisotopic (exact) mass is 430 g/mol. The van der Waals surface area contributed by atoms with Crippen LogP contribution in [0.25, 0.3) is 11.3 Å². The SMILES string of the molecule is CC(C)c1nc(-c2ccc(F)cc2)cn1CC(=O)N1CCN(C(=O)OC(C)(C)C)CC1. The number of benzene rings is 1. The van der Waals surface area contributed by atoms with E-state index in [1.165, 1.54) is 12.1 Å². The second kappa shape index (κ2) is 9.08. The lowest BCUT2D eigenvalue weighted by Gasteiger charge is -2.35. The number of piperazine rings is 1. The topological polar surface area (TPSA) is 67.7 Å². The molecular formula is C23H31FN4O3. The summed E-state index contributed by atoms with van der Waals surface area (Å²) in [7, 11) is 0. The van der Waals surface area contributed by atoms with Crippen molar-refractivity contribution in [1.29, 1.82) is 0 Å². The highest BCUT2D eigenvalue weighted by molar-refractivity contribution is 5.77. The van der Waals surface area contributed by atoms with Gasteiger partial charge in [-0.1, -0.05) is 13.8 Å². The molecule has 1 aliphatic rings. The number of nitrogens with zero attached hydrogens (tertiary/aromatic N) is 4. The van der Waals surface area contributed by atoms with Crippen LogP contribution >= 0.6 is 0 Å². The lowest BCUT2D eigenvalue weighted by Crippen LogP contribution is -2.52. The van der Waals surface area contributed by atoms with E-state index in [-0.39, 0.29) is 30.3 Å². The average molecular weight is 431 g/mol. The molecular weight excluding hydrogens is 399 g/mol. The molecule has 8 heteroatoms. The third-order valence-electron chi connectivity index (χ3n) is 5.05. The number of rotatable bonds is 4. The van der Waals surface area contributed by atoms with Crippen molar-refractivity contribution in [3.05, 3.63) is 42.1 Å². The van der Waals surface area contributed by atoms with E-state index in [9.17, 15) is 14.0 Å². The van der Waals surface area contributed by atoms with E-state index in [1.54, 1.807) is 21.9 Å². The summed E-state index contributed by atoms with van der Waals surface area (Å²) in [5.41, 5.74) is 0.979. The zero-order chi connectivity index (χ0) is 22.8. The maximum Gasteiger partial charge on any atom is 0.410 e. The Balaban J connectivity index is 1.65. The average Bonchev–Trinajstić information content (AvgIpc) is 3.11. The summed E-state index contributed by atoms with van der Waals surface area (Å²) >= 11 is 0. The van der Waals surface area contributed by atoms with Crippen molar-refractivity contribution in [2.45, 2.75) is 52.7 Å². The molecule has 1 aromatic heterocycles. The van der Waals surface area contributed by atoms with E-state index in [0.29, 0.717) is 31.9 Å². The summed E-state index contributed by atoms with van der Waals surface area (Å²) in [6.45, 7) is 11.6. The zero-order valence-electron chi connectivity index (χ0n) is 18.9. The molecule has 2 aromatic rings. The molecule has 7 nitrogen and oxygen atoms in total. The lowest BCUT2D eigenvalue weighted by atomic mass is 10.2. The summed E-state index contributed by atoms with van der Waals surface area (Å²) in [6, 6.07) is 6.17. The Morgan fingerprint density at radius 2 is 1.65 bits per heavy atom. The quantitative estimate of drug-likeness (QED) is 0.738. The van der Waals surface area contributed by atoms with Crippen LogP contribution in [0.3, 0.4) is 0 Å². The highest BCUT2D eigenvalue weighted by atomic mass is 19.1. The number of hydrogen-bond donors (Lipinski definition) is 0. The maximum atomic E-state index is 13.2. The Morgan fingerprint density at radius 1 is 1.06 bits per heavy atom. The van der Waals surface area contributed by atoms with E-state index in [2.05, 4.69) is 4.98 Å². The van der Waals surface area contributed by atoms with E-state index in [4.69, 9.17) is 4.74 Å². The molecule has 0 saturated carbocycles. The first kappa shape index (κ1) is 22.8. The third kappa shape index (κ3) is 5.83. The first-order valence-electron chi connectivity index (χ1n) is 10.6. The molecule has 168 valence electrons. The molecule has 0 spiro atoms. The van der Waals surface area contributed by atoms with Crippen LogP contribution in [0.2, 0.25) is 0 Å². The van der Waals surface area contributed by atoms with Crippen LogP contribution in [-0.2, 0) is 16.1 Å². The normalized spacial score (nSPS) is 14.8. The molecule has 1 fully saturated rings. The van der Waals surface area contributed by atoms with Crippen molar-refractivity contribution in [2.75, 3.05) is 26.2 Å². The van der Waals surface area contributed by atoms with Crippen LogP contribution in [0.5, 0.6) is 0 Å². The molecule has 0 radical (unpaired) electrons. The summed E-state index contributed by atoms with van der Waals surface area (Å²) in [4.78, 5) is 33.2. The molecule has 3 rings (SSSR count). The van der Waals surface area contributed by atoms with Crippen molar-refractivity contribution in [1.82, 2.24) is 19.4 Å². The molecule has 2 amide bonds. The highest BCUT2D eigenvalue weighted by Crippen LogP contribution is 2.23. The van der Waals surface area contributed by atoms with Gasteiger partial charge in [-0.05, 0) is 45.0 Å². The second-order valence-electron chi connectivity index (χ2n) is 9.12. The van der Waals surface area contributed by atoms with Crippen LogP contribution in [0, 0.1) is 5.82 Å². The van der Waals surface area contributed by atoms with Crippen LogP contribution in [0.15, 0.2) is 30.5 Å². The Bertz CT molecular complexity index is 923. The minimum Gasteiger partial charge on any atom is -0.444 e. The van der Waals surface area contributed by atoms with Crippen LogP contribution in [0.4, 0.5) is 9.18 Å². The summed E-state index contributed by atoms with van der Waals surface area (Å²) in [5.74, 6) is 0.618. The Kier molecular flexibility index (Phi) is 6.67. The Morgan fingerprint density at radius 3 is 2.19 bits per heavy atom. The first-order valence-corrected chi connectivity index (χ1v) is 10.6. The fraction of sp³-hybridized carbons (Fsp3) is 0.522. The fourth-order valence-electron chi connectivity index (χ4n) is 3.49. The number of halogens is 1. The van der Waals surface area contributed by atoms with Gasteiger partial charge in [0.15, 0.2) is 0 Å². The molecule has 2 heterocycles. The number of carbonyl (C=O) groups is 2. The van der Waals surface area contributed by atoms with Gasteiger partial charge in [0.2, 0.25) is 5.91 Å². The smallest absolute Gasteiger partial charge is 0.410 e. The minimum absolute atomic E-state index is 0.0196. The minimum atomic E-state index is -0.541. The summed E-state index contributed by atoms with van der Waals surface area (Å²) in [5, 5.41) is 0. The molecule has 0 atom stereocenters. The Labute approximate surface area is 182 Å². The van der Waals surface area contributed by atoms with Crippen molar-refractivity contribution in [3.8, 4) is 11.3 Å². The molecule has 1 aromatic carbocycles. The van der Waals surface area contributed by atoms with Gasteiger partial charge in [-0.15, -0.1) is 0 Å². The largest absolute Gasteiger partial charge is 0.444 e. The first-order chi connectivity index (χ1) is 14.5. The molecule has 1 aliphatic heterocycles. The molecule has 0 N–H and O–H groups in total. The predicted octanol–water partition coefficient (Wildman–Crippen LogP) is 3.89. The molecule has 1 saturated heterocycles. The van der Waals surface area contributed by atoms with Crippen LogP contribution in [-0.4, -0.2) is 63.1 Å². The van der Waals surface area contributed by atoms with E-state index in [1.807, 2.05) is 45.4 Å². The van der Waals surface area contributed by atoms with Gasteiger partial charge in [-0.25, -0.2) is 14.2 Å². The van der Waals surface area contributed by atoms with E-state index in [0.717, 1.165) is 11.4 Å². The van der Waals surface area contributed by atoms with Gasteiger partial charge in [0, 0.05) is 43.9 Å². The van der Waals surface area contributed by atoms with Gasteiger partial charge in [0.1, 0.15) is 23.8 Å². The number of aromatic nitrogens is 2. The van der Waals surface area contributed by atoms with E-state index < -0.39 is 5.60 Å². The molecule has 0 aliphatic carbocycles. The van der Waals surface area contributed by atoms with Gasteiger partial charge < -0.3 is 19.1 Å². The van der Waals surface area contributed by atoms with Gasteiger partial charge in [0.05, 0.1) is 5.69 Å².